The van der Waals surface area contributed by atoms with E-state index in [1.807, 2.05) is 0 Å². The van der Waals surface area contributed by atoms with Gasteiger partial charge in [-0.2, -0.15) is 0 Å². The van der Waals surface area contributed by atoms with Gasteiger partial charge in [-0.05, 0) is 48.9 Å². The van der Waals surface area contributed by atoms with E-state index in [1.165, 1.54) is 21.5 Å². The number of hydrogen-bond acceptors (Lipinski definition) is 0. The van der Waals surface area contributed by atoms with Crippen LogP contribution in [0.1, 0.15) is 5.56 Å². The first kappa shape index (κ1) is 14.0. The second-order valence-electron chi connectivity index (χ2n) is 5.52. The molecule has 0 spiro atoms. The van der Waals surface area contributed by atoms with E-state index < -0.39 is 7.26 Å². The summed E-state index contributed by atoms with van der Waals surface area (Å²) in [5.74, 6) is 0. The van der Waals surface area contributed by atoms with Crippen LogP contribution in [0, 0.1) is 6.92 Å². The molecule has 0 aliphatic heterocycles. The van der Waals surface area contributed by atoms with E-state index in [0.717, 1.165) is 0 Å². The summed E-state index contributed by atoms with van der Waals surface area (Å²) in [7, 11) is -1.55. The van der Waals surface area contributed by atoms with Crippen LogP contribution in [0.5, 0.6) is 0 Å². The fourth-order valence-corrected chi connectivity index (χ4v) is 6.08. The Morgan fingerprint density at radius 2 is 1.05 bits per heavy atom. The van der Waals surface area contributed by atoms with Crippen molar-refractivity contribution in [2.24, 2.45) is 0 Å². The van der Waals surface area contributed by atoms with Crippen LogP contribution in [0.15, 0.2) is 84.9 Å². The highest BCUT2D eigenvalue weighted by Gasteiger charge is 2.39. The molecular weight excluding hydrogens is 271 g/mol. The summed E-state index contributed by atoms with van der Waals surface area (Å²) >= 11 is 0. The maximum absolute atomic E-state index is 2.42. The van der Waals surface area contributed by atoms with Gasteiger partial charge in [-0.1, -0.05) is 48.5 Å². The van der Waals surface area contributed by atoms with Crippen LogP contribution < -0.4 is 15.9 Å². The van der Waals surface area contributed by atoms with Crippen molar-refractivity contribution in [3.05, 3.63) is 90.5 Å². The number of rotatable bonds is 3. The van der Waals surface area contributed by atoms with Crippen LogP contribution in [0.4, 0.5) is 0 Å². The Bertz CT molecular complexity index is 678. The van der Waals surface area contributed by atoms with Crippen molar-refractivity contribution >= 4 is 23.2 Å². The van der Waals surface area contributed by atoms with Gasteiger partial charge in [-0.3, -0.25) is 0 Å². The molecule has 0 aliphatic carbocycles. The smallest absolute Gasteiger partial charge is 0.0620 e. The summed E-state index contributed by atoms with van der Waals surface area (Å²) in [5.41, 5.74) is 1.32. The molecule has 0 aromatic heterocycles. The lowest BCUT2D eigenvalue weighted by Crippen LogP contribution is -2.30. The number of hydrogen-bond donors (Lipinski definition) is 0. The molecule has 0 nitrogen and oxygen atoms in total. The van der Waals surface area contributed by atoms with Gasteiger partial charge in [0, 0.05) is 0 Å². The van der Waals surface area contributed by atoms with Crippen molar-refractivity contribution in [2.75, 3.05) is 6.66 Å². The maximum Gasteiger partial charge on any atom is 0.109 e. The molecule has 3 aromatic rings. The van der Waals surface area contributed by atoms with E-state index in [-0.39, 0.29) is 0 Å². The Labute approximate surface area is 127 Å². The molecule has 0 fully saturated rings. The zero-order valence-electron chi connectivity index (χ0n) is 12.5. The predicted octanol–water partition coefficient (Wildman–Crippen LogP) is 3.92. The highest BCUT2D eigenvalue weighted by atomic mass is 31.2. The van der Waals surface area contributed by atoms with Crippen LogP contribution >= 0.6 is 7.26 Å². The molecule has 0 N–H and O–H groups in total. The molecule has 1 heteroatoms. The molecule has 0 heterocycles. The molecule has 3 rings (SSSR count). The van der Waals surface area contributed by atoms with Crippen molar-refractivity contribution in [1.29, 1.82) is 0 Å². The number of aryl methyl sites for hydroxylation is 1. The summed E-state index contributed by atoms with van der Waals surface area (Å²) < 4.78 is 0. The zero-order valence-corrected chi connectivity index (χ0v) is 13.4. The molecule has 21 heavy (non-hydrogen) atoms. The zero-order chi connectivity index (χ0) is 14.7. The lowest BCUT2D eigenvalue weighted by Gasteiger charge is -2.23. The first-order valence-corrected chi connectivity index (χ1v) is 9.50. The van der Waals surface area contributed by atoms with Gasteiger partial charge in [0.15, 0.2) is 0 Å². The van der Waals surface area contributed by atoms with Gasteiger partial charge in [0.05, 0.1) is 6.66 Å². The SMILES string of the molecule is Cc1cccc([P+](C)(c2ccccc2)c2ccccc2)c1. The molecule has 104 valence electrons. The minimum Gasteiger partial charge on any atom is -0.0620 e. The summed E-state index contributed by atoms with van der Waals surface area (Å²) in [6.07, 6.45) is 0. The van der Waals surface area contributed by atoms with Crippen molar-refractivity contribution in [2.45, 2.75) is 6.92 Å². The Morgan fingerprint density at radius 3 is 1.52 bits per heavy atom. The van der Waals surface area contributed by atoms with Crippen LogP contribution in [-0.2, 0) is 0 Å². The third kappa shape index (κ3) is 2.64. The fourth-order valence-electron chi connectivity index (χ4n) is 2.81. The minimum absolute atomic E-state index is 1.32. The lowest BCUT2D eigenvalue weighted by atomic mass is 10.2. The van der Waals surface area contributed by atoms with Gasteiger partial charge in [-0.15, -0.1) is 0 Å². The Morgan fingerprint density at radius 1 is 0.571 bits per heavy atom. The first-order chi connectivity index (χ1) is 10.2. The van der Waals surface area contributed by atoms with Gasteiger partial charge in [0.25, 0.3) is 0 Å². The van der Waals surface area contributed by atoms with E-state index in [1.54, 1.807) is 0 Å². The Balaban J connectivity index is 2.25. The molecule has 0 radical (unpaired) electrons. The molecule has 0 saturated carbocycles. The third-order valence-electron chi connectivity index (χ3n) is 4.06. The molecule has 0 bridgehead atoms. The summed E-state index contributed by atoms with van der Waals surface area (Å²) in [6, 6.07) is 30.8. The quantitative estimate of drug-likeness (QED) is 0.642. The van der Waals surface area contributed by atoms with Gasteiger partial charge >= 0.3 is 0 Å². The molecule has 0 saturated heterocycles. The summed E-state index contributed by atoms with van der Waals surface area (Å²) in [6.45, 7) is 4.59. The van der Waals surface area contributed by atoms with Crippen LogP contribution in [-0.4, -0.2) is 6.66 Å². The molecule has 3 aromatic carbocycles. The molecule has 0 amide bonds. The maximum atomic E-state index is 2.42. The Kier molecular flexibility index (Phi) is 3.90. The largest absolute Gasteiger partial charge is 0.109 e. The molecule has 0 atom stereocenters. The predicted molar refractivity (Wildman–Crippen MR) is 95.8 cm³/mol. The topological polar surface area (TPSA) is 0 Å². The van der Waals surface area contributed by atoms with Crippen molar-refractivity contribution in [3.63, 3.8) is 0 Å². The standard InChI is InChI=1S/C20H20P/c1-17-10-9-15-20(16-17)21(2,18-11-5-3-6-12-18)19-13-7-4-8-14-19/h3-16H,1-2H3/q+1. The van der Waals surface area contributed by atoms with Crippen LogP contribution in [0.3, 0.4) is 0 Å². The average Bonchev–Trinajstić information content (AvgIpc) is 2.56. The summed E-state index contributed by atoms with van der Waals surface area (Å²) in [4.78, 5) is 0. The van der Waals surface area contributed by atoms with Crippen molar-refractivity contribution in [1.82, 2.24) is 0 Å². The van der Waals surface area contributed by atoms with Gasteiger partial charge in [0.2, 0.25) is 0 Å². The second kappa shape index (κ2) is 5.84. The van der Waals surface area contributed by atoms with Gasteiger partial charge in [-0.25, -0.2) is 0 Å². The Hall–Kier alpha value is -1.91. The third-order valence-corrected chi connectivity index (χ3v) is 8.04. The van der Waals surface area contributed by atoms with E-state index in [2.05, 4.69) is 98.5 Å². The average molecular weight is 291 g/mol. The fraction of sp³-hybridized carbons (Fsp3) is 0.100. The molecule has 0 aliphatic rings. The molecular formula is C20H20P+. The monoisotopic (exact) mass is 291 g/mol. The van der Waals surface area contributed by atoms with E-state index >= 15 is 0 Å². The van der Waals surface area contributed by atoms with Crippen LogP contribution in [0.25, 0.3) is 0 Å². The highest BCUT2D eigenvalue weighted by Crippen LogP contribution is 2.51. The first-order valence-electron chi connectivity index (χ1n) is 7.26. The lowest BCUT2D eigenvalue weighted by molar-refractivity contribution is 1.49. The molecule has 0 unspecified atom stereocenters. The summed E-state index contributed by atoms with van der Waals surface area (Å²) in [5, 5.41) is 4.31. The van der Waals surface area contributed by atoms with E-state index in [0.29, 0.717) is 0 Å². The van der Waals surface area contributed by atoms with E-state index in [9.17, 15) is 0 Å². The second-order valence-corrected chi connectivity index (χ2v) is 9.08. The normalized spacial score (nSPS) is 11.3. The van der Waals surface area contributed by atoms with Crippen molar-refractivity contribution in [3.8, 4) is 0 Å². The highest BCUT2D eigenvalue weighted by molar-refractivity contribution is 7.95. The minimum atomic E-state index is -1.55. The number of benzene rings is 3. The van der Waals surface area contributed by atoms with Gasteiger partial charge in [0.1, 0.15) is 23.2 Å². The van der Waals surface area contributed by atoms with Crippen molar-refractivity contribution < 1.29 is 0 Å². The van der Waals surface area contributed by atoms with Crippen LogP contribution in [0.2, 0.25) is 0 Å². The van der Waals surface area contributed by atoms with Gasteiger partial charge < -0.3 is 0 Å². The van der Waals surface area contributed by atoms with E-state index in [4.69, 9.17) is 0 Å².